The first-order chi connectivity index (χ1) is 9.74. The molecule has 0 saturated heterocycles. The van der Waals surface area contributed by atoms with Crippen LogP contribution in [0.25, 0.3) is 0 Å². The highest BCUT2D eigenvalue weighted by atomic mass is 32.1. The van der Waals surface area contributed by atoms with Crippen molar-refractivity contribution in [2.24, 2.45) is 0 Å². The highest BCUT2D eigenvalue weighted by Gasteiger charge is 2.04. The van der Waals surface area contributed by atoms with E-state index in [0.29, 0.717) is 18.7 Å². The Kier molecular flexibility index (Phi) is 4.99. The summed E-state index contributed by atoms with van der Waals surface area (Å²) < 4.78 is 6.91. The van der Waals surface area contributed by atoms with Crippen LogP contribution in [0, 0.1) is 11.8 Å². The maximum atomic E-state index is 11.5. The topological polar surface area (TPSA) is 51.5 Å². The summed E-state index contributed by atoms with van der Waals surface area (Å²) >= 11 is 1.18. The average molecular weight is 289 g/mol. The molecule has 0 saturated carbocycles. The number of ether oxygens (including phenoxy) is 1. The van der Waals surface area contributed by atoms with Crippen LogP contribution < -0.4 is 9.61 Å². The van der Waals surface area contributed by atoms with Gasteiger partial charge < -0.3 is 14.4 Å². The van der Waals surface area contributed by atoms with Gasteiger partial charge in [0.05, 0.1) is 25.8 Å². The lowest BCUT2D eigenvalue weighted by molar-refractivity contribution is 0.305. The molecule has 0 aliphatic rings. The minimum Gasteiger partial charge on any atom is -0.495 e. The van der Waals surface area contributed by atoms with Gasteiger partial charge in [-0.2, -0.15) is 0 Å². The summed E-state index contributed by atoms with van der Waals surface area (Å²) in [6, 6.07) is 5.67. The number of thiazole rings is 1. The molecule has 0 radical (unpaired) electrons. The standard InChI is InChI=1S/C15H15NO3S/c1-19-14-6-5-12(10-13(14)4-2-3-8-17)11-16-7-9-20-15(16)18/h5-7,9-10,17H,3,8,11H2,1H3. The SMILES string of the molecule is COc1ccc(Cn2ccsc2=O)cc1C#CCCO. The van der Waals surface area contributed by atoms with Crippen LogP contribution in [-0.2, 0) is 6.54 Å². The molecule has 0 amide bonds. The number of aliphatic hydroxyl groups excluding tert-OH is 1. The summed E-state index contributed by atoms with van der Waals surface area (Å²) in [6.45, 7) is 0.556. The van der Waals surface area contributed by atoms with Crippen LogP contribution in [-0.4, -0.2) is 23.4 Å². The van der Waals surface area contributed by atoms with Gasteiger partial charge in [-0.25, -0.2) is 0 Å². The van der Waals surface area contributed by atoms with Crippen molar-refractivity contribution in [1.82, 2.24) is 4.57 Å². The lowest BCUT2D eigenvalue weighted by atomic mass is 10.1. The Labute approximate surface area is 121 Å². The third-order valence-electron chi connectivity index (χ3n) is 2.72. The van der Waals surface area contributed by atoms with E-state index in [-0.39, 0.29) is 11.5 Å². The average Bonchev–Trinajstić information content (AvgIpc) is 2.85. The molecule has 0 bridgehead atoms. The van der Waals surface area contributed by atoms with E-state index in [9.17, 15) is 4.79 Å². The van der Waals surface area contributed by atoms with Crippen molar-refractivity contribution in [1.29, 1.82) is 0 Å². The molecule has 0 aliphatic heterocycles. The van der Waals surface area contributed by atoms with Crippen LogP contribution in [0.5, 0.6) is 5.75 Å². The summed E-state index contributed by atoms with van der Waals surface area (Å²) in [5.74, 6) is 6.55. The molecule has 0 spiro atoms. The van der Waals surface area contributed by atoms with E-state index in [4.69, 9.17) is 9.84 Å². The molecule has 2 aromatic rings. The number of aromatic nitrogens is 1. The predicted octanol–water partition coefficient (Wildman–Crippen LogP) is 1.70. The molecule has 104 valence electrons. The zero-order valence-corrected chi connectivity index (χ0v) is 11.9. The van der Waals surface area contributed by atoms with Crippen LogP contribution in [0.4, 0.5) is 0 Å². The van der Waals surface area contributed by atoms with Gasteiger partial charge in [-0.3, -0.25) is 4.79 Å². The quantitative estimate of drug-likeness (QED) is 0.872. The monoisotopic (exact) mass is 289 g/mol. The summed E-state index contributed by atoms with van der Waals surface area (Å²) in [5, 5.41) is 10.5. The highest BCUT2D eigenvalue weighted by molar-refractivity contribution is 7.07. The van der Waals surface area contributed by atoms with Crippen LogP contribution in [0.1, 0.15) is 17.5 Å². The molecule has 0 fully saturated rings. The van der Waals surface area contributed by atoms with E-state index >= 15 is 0 Å². The van der Waals surface area contributed by atoms with Crippen molar-refractivity contribution in [3.8, 4) is 17.6 Å². The maximum absolute atomic E-state index is 11.5. The molecular weight excluding hydrogens is 274 g/mol. The fourth-order valence-corrected chi connectivity index (χ4v) is 2.35. The highest BCUT2D eigenvalue weighted by Crippen LogP contribution is 2.19. The van der Waals surface area contributed by atoms with Crippen molar-refractivity contribution in [2.45, 2.75) is 13.0 Å². The van der Waals surface area contributed by atoms with Gasteiger partial charge in [0.1, 0.15) is 5.75 Å². The van der Waals surface area contributed by atoms with Gasteiger partial charge in [0.2, 0.25) is 0 Å². The lowest BCUT2D eigenvalue weighted by Gasteiger charge is -2.07. The normalized spacial score (nSPS) is 9.90. The second kappa shape index (κ2) is 6.94. The van der Waals surface area contributed by atoms with Gasteiger partial charge in [0, 0.05) is 18.0 Å². The summed E-state index contributed by atoms with van der Waals surface area (Å²) in [4.78, 5) is 11.6. The van der Waals surface area contributed by atoms with E-state index in [0.717, 1.165) is 11.1 Å². The first-order valence-electron chi connectivity index (χ1n) is 6.15. The smallest absolute Gasteiger partial charge is 0.307 e. The van der Waals surface area contributed by atoms with E-state index in [2.05, 4.69) is 11.8 Å². The molecule has 1 N–H and O–H groups in total. The van der Waals surface area contributed by atoms with Crippen molar-refractivity contribution >= 4 is 11.3 Å². The molecule has 1 heterocycles. The summed E-state index contributed by atoms with van der Waals surface area (Å²) in [5.41, 5.74) is 1.75. The van der Waals surface area contributed by atoms with Gasteiger partial charge in [-0.05, 0) is 17.7 Å². The van der Waals surface area contributed by atoms with Crippen molar-refractivity contribution in [2.75, 3.05) is 13.7 Å². The number of benzene rings is 1. The molecule has 5 heteroatoms. The molecule has 2 rings (SSSR count). The van der Waals surface area contributed by atoms with Crippen molar-refractivity contribution < 1.29 is 9.84 Å². The molecule has 20 heavy (non-hydrogen) atoms. The van der Waals surface area contributed by atoms with E-state index < -0.39 is 0 Å². The van der Waals surface area contributed by atoms with Crippen LogP contribution in [0.3, 0.4) is 0 Å². The Morgan fingerprint density at radius 2 is 2.30 bits per heavy atom. The molecule has 0 unspecified atom stereocenters. The zero-order chi connectivity index (χ0) is 14.4. The Bertz CT molecular complexity index is 691. The van der Waals surface area contributed by atoms with E-state index in [1.807, 2.05) is 18.2 Å². The third kappa shape index (κ3) is 3.50. The third-order valence-corrected chi connectivity index (χ3v) is 3.41. The van der Waals surface area contributed by atoms with Crippen LogP contribution >= 0.6 is 11.3 Å². The number of aliphatic hydroxyl groups is 1. The summed E-state index contributed by atoms with van der Waals surface area (Å²) in [6.07, 6.45) is 2.20. The Hall–Kier alpha value is -2.03. The van der Waals surface area contributed by atoms with Crippen LogP contribution in [0.2, 0.25) is 0 Å². The zero-order valence-electron chi connectivity index (χ0n) is 11.1. The van der Waals surface area contributed by atoms with Gasteiger partial charge >= 0.3 is 4.87 Å². The Morgan fingerprint density at radius 1 is 1.45 bits per heavy atom. The Balaban J connectivity index is 2.28. The van der Waals surface area contributed by atoms with E-state index in [1.165, 1.54) is 11.3 Å². The number of rotatable bonds is 4. The molecule has 1 aromatic heterocycles. The Morgan fingerprint density at radius 3 is 2.95 bits per heavy atom. The lowest BCUT2D eigenvalue weighted by Crippen LogP contribution is -2.12. The van der Waals surface area contributed by atoms with Crippen LogP contribution in [0.15, 0.2) is 34.6 Å². The molecule has 0 aliphatic carbocycles. The number of nitrogens with zero attached hydrogens (tertiary/aromatic N) is 1. The number of hydrogen-bond acceptors (Lipinski definition) is 4. The van der Waals surface area contributed by atoms with Gasteiger partial charge in [-0.1, -0.05) is 29.2 Å². The van der Waals surface area contributed by atoms with E-state index in [1.54, 1.807) is 23.3 Å². The minimum absolute atomic E-state index is 0.0220. The van der Waals surface area contributed by atoms with Gasteiger partial charge in [0.25, 0.3) is 0 Å². The first kappa shape index (κ1) is 14.4. The molecule has 0 atom stereocenters. The first-order valence-corrected chi connectivity index (χ1v) is 7.03. The van der Waals surface area contributed by atoms with Gasteiger partial charge in [-0.15, -0.1) is 0 Å². The minimum atomic E-state index is 0.0220. The summed E-state index contributed by atoms with van der Waals surface area (Å²) in [7, 11) is 1.59. The van der Waals surface area contributed by atoms with Crippen molar-refractivity contribution in [3.05, 3.63) is 50.6 Å². The van der Waals surface area contributed by atoms with Gasteiger partial charge in [0.15, 0.2) is 0 Å². The molecule has 1 aromatic carbocycles. The fourth-order valence-electron chi connectivity index (χ4n) is 1.77. The molecular formula is C15H15NO3S. The predicted molar refractivity (Wildman–Crippen MR) is 79.3 cm³/mol. The number of methoxy groups -OCH3 is 1. The maximum Gasteiger partial charge on any atom is 0.307 e. The van der Waals surface area contributed by atoms with Crippen molar-refractivity contribution in [3.63, 3.8) is 0 Å². The number of hydrogen-bond donors (Lipinski definition) is 1. The largest absolute Gasteiger partial charge is 0.495 e. The fraction of sp³-hybridized carbons (Fsp3) is 0.267. The molecule has 4 nitrogen and oxygen atoms in total. The second-order valence-electron chi connectivity index (χ2n) is 4.11. The second-order valence-corrected chi connectivity index (χ2v) is 4.96.